The molecule has 0 aliphatic carbocycles. The van der Waals surface area contributed by atoms with E-state index < -0.39 is 0 Å². The van der Waals surface area contributed by atoms with Crippen molar-refractivity contribution >= 4 is 5.97 Å². The Hall–Kier alpha value is -1.29. The number of nitrogens with one attached hydrogen (secondary N) is 1. The van der Waals surface area contributed by atoms with E-state index in [9.17, 15) is 4.79 Å². The number of rotatable bonds is 1. The summed E-state index contributed by atoms with van der Waals surface area (Å²) in [6, 6.07) is 1.93. The summed E-state index contributed by atoms with van der Waals surface area (Å²) >= 11 is 0. The van der Waals surface area contributed by atoms with Crippen molar-refractivity contribution in [1.82, 2.24) is 9.88 Å². The van der Waals surface area contributed by atoms with Crippen LogP contribution < -0.4 is 5.32 Å². The molecule has 0 atom stereocenters. The maximum Gasteiger partial charge on any atom is 0.354 e. The fourth-order valence-electron chi connectivity index (χ4n) is 2.58. The van der Waals surface area contributed by atoms with E-state index in [2.05, 4.69) is 19.2 Å². The molecule has 0 radical (unpaired) electrons. The monoisotopic (exact) mass is 222 g/mol. The van der Waals surface area contributed by atoms with Crippen LogP contribution >= 0.6 is 0 Å². The van der Waals surface area contributed by atoms with Crippen LogP contribution in [0.25, 0.3) is 0 Å². The first-order valence-corrected chi connectivity index (χ1v) is 5.45. The Labute approximate surface area is 95.6 Å². The molecule has 0 spiro atoms. The van der Waals surface area contributed by atoms with Crippen molar-refractivity contribution in [3.63, 3.8) is 0 Å². The van der Waals surface area contributed by atoms with Crippen LogP contribution in [0, 0.1) is 0 Å². The summed E-state index contributed by atoms with van der Waals surface area (Å²) in [4.78, 5) is 11.6. The average Bonchev–Trinajstić information content (AvgIpc) is 2.55. The minimum absolute atomic E-state index is 0.0502. The predicted molar refractivity (Wildman–Crippen MR) is 61.5 cm³/mol. The molecule has 16 heavy (non-hydrogen) atoms. The zero-order chi connectivity index (χ0) is 11.9. The summed E-state index contributed by atoms with van der Waals surface area (Å²) in [6.45, 7) is 6.11. The van der Waals surface area contributed by atoms with Crippen LogP contribution in [0.2, 0.25) is 0 Å². The maximum atomic E-state index is 11.6. The third kappa shape index (κ3) is 1.53. The second-order valence-corrected chi connectivity index (χ2v) is 4.94. The smallest absolute Gasteiger partial charge is 0.354 e. The van der Waals surface area contributed by atoms with Gasteiger partial charge in [0.25, 0.3) is 0 Å². The highest BCUT2D eigenvalue weighted by Gasteiger charge is 2.32. The Morgan fingerprint density at radius 1 is 1.56 bits per heavy atom. The maximum absolute atomic E-state index is 11.6. The second kappa shape index (κ2) is 3.63. The van der Waals surface area contributed by atoms with Gasteiger partial charge in [0.15, 0.2) is 0 Å². The minimum atomic E-state index is -0.271. The van der Waals surface area contributed by atoms with E-state index in [0.29, 0.717) is 5.69 Å². The topological polar surface area (TPSA) is 43.3 Å². The van der Waals surface area contributed by atoms with Gasteiger partial charge in [0.05, 0.1) is 7.11 Å². The third-order valence-corrected chi connectivity index (χ3v) is 3.23. The fraction of sp³-hybridized carbons (Fsp3) is 0.583. The van der Waals surface area contributed by atoms with Crippen LogP contribution in [0.3, 0.4) is 0 Å². The van der Waals surface area contributed by atoms with Gasteiger partial charge in [-0.1, -0.05) is 13.8 Å². The SMILES string of the molecule is COC(=O)c1cc2c(n1C)C(C)(C)CNC2. The predicted octanol–water partition coefficient (Wildman–Crippen LogP) is 1.19. The first-order chi connectivity index (χ1) is 7.47. The molecule has 1 aromatic heterocycles. The summed E-state index contributed by atoms with van der Waals surface area (Å²) in [5.74, 6) is -0.271. The lowest BCUT2D eigenvalue weighted by molar-refractivity contribution is 0.0589. The molecule has 0 fully saturated rings. The molecule has 2 heterocycles. The molecule has 0 saturated heterocycles. The van der Waals surface area contributed by atoms with Crippen molar-refractivity contribution in [2.75, 3.05) is 13.7 Å². The van der Waals surface area contributed by atoms with E-state index in [4.69, 9.17) is 4.74 Å². The molecule has 1 aliphatic heterocycles. The number of carbonyl (C=O) groups excluding carboxylic acids is 1. The average molecular weight is 222 g/mol. The van der Waals surface area contributed by atoms with Crippen LogP contribution in [0.4, 0.5) is 0 Å². The van der Waals surface area contributed by atoms with Gasteiger partial charge in [0.1, 0.15) is 5.69 Å². The van der Waals surface area contributed by atoms with E-state index in [1.165, 1.54) is 18.4 Å². The normalized spacial score (nSPS) is 18.0. The fourth-order valence-corrected chi connectivity index (χ4v) is 2.58. The highest BCUT2D eigenvalue weighted by atomic mass is 16.5. The Balaban J connectivity index is 2.55. The zero-order valence-electron chi connectivity index (χ0n) is 10.3. The van der Waals surface area contributed by atoms with Gasteiger partial charge < -0.3 is 14.6 Å². The molecule has 0 saturated carbocycles. The van der Waals surface area contributed by atoms with E-state index in [0.717, 1.165) is 13.1 Å². The number of methoxy groups -OCH3 is 1. The highest BCUT2D eigenvalue weighted by molar-refractivity contribution is 5.88. The summed E-state index contributed by atoms with van der Waals surface area (Å²) in [6.07, 6.45) is 0. The van der Waals surface area contributed by atoms with E-state index in [1.54, 1.807) is 0 Å². The summed E-state index contributed by atoms with van der Waals surface area (Å²) < 4.78 is 6.74. The van der Waals surface area contributed by atoms with Crippen molar-refractivity contribution < 1.29 is 9.53 Å². The standard InChI is InChI=1S/C12H18N2O2/c1-12(2)7-13-6-8-5-9(11(15)16-4)14(3)10(8)12/h5,13H,6-7H2,1-4H3. The van der Waals surface area contributed by atoms with Crippen molar-refractivity contribution in [2.24, 2.45) is 7.05 Å². The largest absolute Gasteiger partial charge is 0.464 e. The van der Waals surface area contributed by atoms with Gasteiger partial charge in [-0.2, -0.15) is 0 Å². The third-order valence-electron chi connectivity index (χ3n) is 3.23. The van der Waals surface area contributed by atoms with E-state index in [1.807, 2.05) is 17.7 Å². The molecule has 4 nitrogen and oxygen atoms in total. The van der Waals surface area contributed by atoms with Crippen LogP contribution in [0.5, 0.6) is 0 Å². The number of hydrogen-bond donors (Lipinski definition) is 1. The molecular formula is C12H18N2O2. The number of nitrogens with zero attached hydrogens (tertiary/aromatic N) is 1. The number of fused-ring (bicyclic) bond motifs is 1. The molecule has 1 N–H and O–H groups in total. The molecule has 88 valence electrons. The van der Waals surface area contributed by atoms with Gasteiger partial charge in [0, 0.05) is 31.2 Å². The molecule has 2 rings (SSSR count). The summed E-state index contributed by atoms with van der Waals surface area (Å²) in [5, 5.41) is 3.36. The first kappa shape index (κ1) is 11.2. The molecule has 0 aromatic carbocycles. The lowest BCUT2D eigenvalue weighted by Crippen LogP contribution is -2.39. The first-order valence-electron chi connectivity index (χ1n) is 5.45. The number of carbonyl (C=O) groups is 1. The second-order valence-electron chi connectivity index (χ2n) is 4.94. The molecule has 4 heteroatoms. The number of hydrogen-bond acceptors (Lipinski definition) is 3. The van der Waals surface area contributed by atoms with E-state index >= 15 is 0 Å². The Morgan fingerprint density at radius 2 is 2.25 bits per heavy atom. The molecule has 0 unspecified atom stereocenters. The Kier molecular flexibility index (Phi) is 2.54. The number of esters is 1. The van der Waals surface area contributed by atoms with Crippen LogP contribution in [-0.2, 0) is 23.7 Å². The van der Waals surface area contributed by atoms with Gasteiger partial charge in [-0.25, -0.2) is 4.79 Å². The number of aromatic nitrogens is 1. The van der Waals surface area contributed by atoms with Crippen LogP contribution in [-0.4, -0.2) is 24.2 Å². The Morgan fingerprint density at radius 3 is 2.81 bits per heavy atom. The van der Waals surface area contributed by atoms with Crippen LogP contribution in [0.1, 0.15) is 35.6 Å². The lowest BCUT2D eigenvalue weighted by Gasteiger charge is -2.32. The van der Waals surface area contributed by atoms with Crippen molar-refractivity contribution in [2.45, 2.75) is 25.8 Å². The van der Waals surface area contributed by atoms with Crippen LogP contribution in [0.15, 0.2) is 6.07 Å². The number of ether oxygens (including phenoxy) is 1. The molecular weight excluding hydrogens is 204 g/mol. The zero-order valence-corrected chi connectivity index (χ0v) is 10.3. The highest BCUT2D eigenvalue weighted by Crippen LogP contribution is 2.31. The summed E-state index contributed by atoms with van der Waals surface area (Å²) in [5.41, 5.74) is 3.10. The molecule has 1 aliphatic rings. The minimum Gasteiger partial charge on any atom is -0.464 e. The quantitative estimate of drug-likeness (QED) is 0.726. The van der Waals surface area contributed by atoms with Crippen molar-refractivity contribution in [3.8, 4) is 0 Å². The lowest BCUT2D eigenvalue weighted by atomic mass is 9.84. The van der Waals surface area contributed by atoms with Crippen molar-refractivity contribution in [1.29, 1.82) is 0 Å². The summed E-state index contributed by atoms with van der Waals surface area (Å²) in [7, 11) is 3.34. The van der Waals surface area contributed by atoms with E-state index in [-0.39, 0.29) is 11.4 Å². The van der Waals surface area contributed by atoms with Gasteiger partial charge in [-0.05, 0) is 11.6 Å². The van der Waals surface area contributed by atoms with Crippen molar-refractivity contribution in [3.05, 3.63) is 23.0 Å². The molecule has 0 bridgehead atoms. The molecule has 0 amide bonds. The van der Waals surface area contributed by atoms with Gasteiger partial charge in [-0.15, -0.1) is 0 Å². The Bertz CT molecular complexity index is 432. The van der Waals surface area contributed by atoms with Gasteiger partial charge in [-0.3, -0.25) is 0 Å². The van der Waals surface area contributed by atoms with Gasteiger partial charge in [0.2, 0.25) is 0 Å². The van der Waals surface area contributed by atoms with Gasteiger partial charge >= 0.3 is 5.97 Å². The molecule has 1 aromatic rings.